The number of aromatic nitrogens is 3. The highest BCUT2D eigenvalue weighted by molar-refractivity contribution is 7.12. The van der Waals surface area contributed by atoms with E-state index in [2.05, 4.69) is 65.7 Å². The fourth-order valence-electron chi connectivity index (χ4n) is 7.26. The topological polar surface area (TPSA) is 63.1 Å². The monoisotopic (exact) mass is 511 g/mol. The average molecular weight is 512 g/mol. The highest BCUT2D eigenvalue weighted by Gasteiger charge is 2.42. The highest BCUT2D eigenvalue weighted by Crippen LogP contribution is 2.43. The van der Waals surface area contributed by atoms with E-state index >= 15 is 0 Å². The predicted molar refractivity (Wildman–Crippen MR) is 147 cm³/mol. The number of carbonyl (C=O) groups excluding carboxylic acids is 1. The molecule has 3 aliphatic rings. The molecular weight excluding hydrogens is 466 g/mol. The molecule has 0 radical (unpaired) electrons. The quantitative estimate of drug-likeness (QED) is 0.446. The lowest BCUT2D eigenvalue weighted by Crippen LogP contribution is -2.45. The zero-order valence-electron chi connectivity index (χ0n) is 22.9. The third-order valence-corrected chi connectivity index (χ3v) is 10.3. The molecule has 198 valence electrons. The van der Waals surface area contributed by atoms with Crippen molar-refractivity contribution in [2.75, 3.05) is 6.54 Å². The van der Waals surface area contributed by atoms with Crippen LogP contribution in [0.5, 0.6) is 0 Å². The van der Waals surface area contributed by atoms with E-state index in [4.69, 9.17) is 0 Å². The number of rotatable bonds is 8. The second-order valence-corrected chi connectivity index (χ2v) is 13.3. The number of aryl methyl sites for hydroxylation is 3. The summed E-state index contributed by atoms with van der Waals surface area (Å²) < 4.78 is 2.44. The lowest BCUT2D eigenvalue weighted by Gasteiger charge is -2.40. The Hall–Kier alpha value is -1.73. The van der Waals surface area contributed by atoms with Gasteiger partial charge in [0.05, 0.1) is 6.04 Å². The van der Waals surface area contributed by atoms with Crippen molar-refractivity contribution in [3.63, 3.8) is 0 Å². The molecule has 2 aromatic rings. The second kappa shape index (κ2) is 10.9. The average Bonchev–Trinajstić information content (AvgIpc) is 3.48. The molecule has 2 aromatic heterocycles. The van der Waals surface area contributed by atoms with Gasteiger partial charge in [-0.3, -0.25) is 9.69 Å². The van der Waals surface area contributed by atoms with Gasteiger partial charge in [-0.05, 0) is 77.3 Å². The molecule has 7 heteroatoms. The van der Waals surface area contributed by atoms with Crippen LogP contribution in [-0.4, -0.2) is 44.2 Å². The van der Waals surface area contributed by atoms with Crippen LogP contribution >= 0.6 is 11.3 Å². The smallest absolute Gasteiger partial charge is 0.223 e. The molecule has 0 aromatic carbocycles. The maximum absolute atomic E-state index is 13.3. The van der Waals surface area contributed by atoms with Crippen LogP contribution in [-0.2, 0) is 4.79 Å². The van der Waals surface area contributed by atoms with Crippen LogP contribution in [0.15, 0.2) is 6.07 Å². The molecule has 1 unspecified atom stereocenters. The molecule has 1 N–H and O–H groups in total. The van der Waals surface area contributed by atoms with E-state index in [1.165, 1.54) is 60.3 Å². The summed E-state index contributed by atoms with van der Waals surface area (Å²) >= 11 is 1.87. The maximum Gasteiger partial charge on any atom is 0.223 e. The van der Waals surface area contributed by atoms with Gasteiger partial charge in [-0.2, -0.15) is 0 Å². The Balaban J connectivity index is 1.27. The van der Waals surface area contributed by atoms with Gasteiger partial charge < -0.3 is 9.88 Å². The van der Waals surface area contributed by atoms with Gasteiger partial charge in [0.2, 0.25) is 5.91 Å². The molecule has 3 fully saturated rings. The third-order valence-electron chi connectivity index (χ3n) is 9.00. The first-order valence-electron chi connectivity index (χ1n) is 14.4. The number of thiophene rings is 1. The summed E-state index contributed by atoms with van der Waals surface area (Å²) in [5.41, 5.74) is 1.33. The number of hydrogen-bond donors (Lipinski definition) is 1. The molecule has 2 bridgehead atoms. The molecule has 2 saturated heterocycles. The lowest BCUT2D eigenvalue weighted by molar-refractivity contribution is -0.126. The zero-order chi connectivity index (χ0) is 25.4. The Labute approximate surface area is 221 Å². The minimum Gasteiger partial charge on any atom is -0.348 e. The van der Waals surface area contributed by atoms with Crippen LogP contribution in [0, 0.1) is 26.7 Å². The number of piperidine rings is 1. The predicted octanol–water partition coefficient (Wildman–Crippen LogP) is 6.38. The number of hydrogen-bond acceptors (Lipinski definition) is 5. The van der Waals surface area contributed by atoms with E-state index in [1.807, 2.05) is 11.3 Å². The summed E-state index contributed by atoms with van der Waals surface area (Å²) in [6.07, 6.45) is 11.7. The van der Waals surface area contributed by atoms with Crippen molar-refractivity contribution in [1.82, 2.24) is 25.0 Å². The van der Waals surface area contributed by atoms with E-state index in [-0.39, 0.29) is 17.9 Å². The molecule has 2 aliphatic heterocycles. The standard InChI is InChI=1S/C29H45N5OS/c1-18(2)28-32-31-21(5)34(28)25-16-23-11-12-24(17-25)33(23)14-13-26(27-19(3)15-20(4)36-27)30-29(35)22-9-7-6-8-10-22/h15,18,22-26H,6-14,16-17H2,1-5H3,(H,30,35)/t23-,24+,25?,26-/m0/s1. The number of nitrogens with zero attached hydrogens (tertiary/aromatic N) is 4. The van der Waals surface area contributed by atoms with Crippen LogP contribution in [0.3, 0.4) is 0 Å². The van der Waals surface area contributed by atoms with Crippen molar-refractivity contribution in [2.24, 2.45) is 5.92 Å². The third kappa shape index (κ3) is 5.28. The number of carbonyl (C=O) groups is 1. The lowest BCUT2D eigenvalue weighted by atomic mass is 9.88. The van der Waals surface area contributed by atoms with Crippen molar-refractivity contribution in [3.8, 4) is 0 Å². The number of fused-ring (bicyclic) bond motifs is 2. The van der Waals surface area contributed by atoms with E-state index in [1.54, 1.807) is 0 Å². The van der Waals surface area contributed by atoms with Crippen LogP contribution in [0.2, 0.25) is 0 Å². The Bertz CT molecular complexity index is 1040. The first-order valence-corrected chi connectivity index (χ1v) is 15.2. The summed E-state index contributed by atoms with van der Waals surface area (Å²) in [6, 6.07) is 4.16. The van der Waals surface area contributed by atoms with Crippen molar-refractivity contribution < 1.29 is 4.79 Å². The summed E-state index contributed by atoms with van der Waals surface area (Å²) in [7, 11) is 0. The fraction of sp³-hybridized carbons (Fsp3) is 0.759. The van der Waals surface area contributed by atoms with E-state index in [9.17, 15) is 4.79 Å². The molecule has 4 heterocycles. The molecule has 1 aliphatic carbocycles. The van der Waals surface area contributed by atoms with Crippen molar-refractivity contribution in [3.05, 3.63) is 33.0 Å². The first kappa shape index (κ1) is 25.9. The second-order valence-electron chi connectivity index (χ2n) is 12.0. The molecule has 6 nitrogen and oxygen atoms in total. The summed E-state index contributed by atoms with van der Waals surface area (Å²) in [6.45, 7) is 12.0. The Morgan fingerprint density at radius 3 is 2.33 bits per heavy atom. The van der Waals surface area contributed by atoms with Gasteiger partial charge in [0.25, 0.3) is 0 Å². The summed E-state index contributed by atoms with van der Waals surface area (Å²) in [5, 5.41) is 12.5. The first-order chi connectivity index (χ1) is 17.3. The van der Waals surface area contributed by atoms with E-state index < -0.39 is 0 Å². The van der Waals surface area contributed by atoms with Crippen molar-refractivity contribution in [1.29, 1.82) is 0 Å². The van der Waals surface area contributed by atoms with E-state index in [0.717, 1.165) is 37.5 Å². The summed E-state index contributed by atoms with van der Waals surface area (Å²) in [4.78, 5) is 18.7. The van der Waals surface area contributed by atoms with Gasteiger partial charge in [0, 0.05) is 46.3 Å². The molecule has 1 amide bonds. The minimum atomic E-state index is 0.128. The molecule has 1 saturated carbocycles. The van der Waals surface area contributed by atoms with Crippen LogP contribution in [0.25, 0.3) is 0 Å². The Morgan fingerprint density at radius 1 is 1.03 bits per heavy atom. The molecule has 36 heavy (non-hydrogen) atoms. The SMILES string of the molecule is Cc1cc(C)c([C@H](CCN2[C@@H]3CC[C@H]2CC(n2c(C)nnc2C(C)C)C3)NC(=O)C2CCCCC2)s1. The maximum atomic E-state index is 13.3. The number of nitrogens with one attached hydrogen (secondary N) is 1. The van der Waals surface area contributed by atoms with Gasteiger partial charge in [-0.15, -0.1) is 21.5 Å². The van der Waals surface area contributed by atoms with Gasteiger partial charge >= 0.3 is 0 Å². The molecule has 0 spiro atoms. The van der Waals surface area contributed by atoms with Crippen LogP contribution in [0.1, 0.15) is 123 Å². The van der Waals surface area contributed by atoms with Gasteiger partial charge in [0.15, 0.2) is 0 Å². The summed E-state index contributed by atoms with van der Waals surface area (Å²) in [5.74, 6) is 3.09. The van der Waals surface area contributed by atoms with Gasteiger partial charge in [-0.1, -0.05) is 33.1 Å². The van der Waals surface area contributed by atoms with Crippen LogP contribution in [0.4, 0.5) is 0 Å². The van der Waals surface area contributed by atoms with Gasteiger partial charge in [-0.25, -0.2) is 0 Å². The normalized spacial score (nSPS) is 26.0. The Morgan fingerprint density at radius 2 is 1.72 bits per heavy atom. The van der Waals surface area contributed by atoms with Crippen molar-refractivity contribution in [2.45, 2.75) is 129 Å². The molecular formula is C29H45N5OS. The zero-order valence-corrected chi connectivity index (χ0v) is 23.7. The van der Waals surface area contributed by atoms with Crippen LogP contribution < -0.4 is 5.32 Å². The molecule has 5 rings (SSSR count). The highest BCUT2D eigenvalue weighted by atomic mass is 32.1. The van der Waals surface area contributed by atoms with Crippen molar-refractivity contribution >= 4 is 17.2 Å². The Kier molecular flexibility index (Phi) is 7.87. The largest absolute Gasteiger partial charge is 0.348 e. The van der Waals surface area contributed by atoms with E-state index in [0.29, 0.717) is 24.0 Å². The fourth-order valence-corrected chi connectivity index (χ4v) is 8.38. The molecule has 4 atom stereocenters. The van der Waals surface area contributed by atoms with Gasteiger partial charge in [0.1, 0.15) is 11.6 Å². The number of amides is 1. The minimum absolute atomic E-state index is 0.128.